The summed E-state index contributed by atoms with van der Waals surface area (Å²) < 4.78 is 6.15. The van der Waals surface area contributed by atoms with Gasteiger partial charge in [0.15, 0.2) is 5.78 Å². The molecule has 0 radical (unpaired) electrons. The van der Waals surface area contributed by atoms with Crippen LogP contribution in [-0.2, 0) is 12.8 Å². The zero-order valence-corrected chi connectivity index (χ0v) is 11.0. The summed E-state index contributed by atoms with van der Waals surface area (Å²) in [5, 5.41) is 0. The molecule has 0 saturated carbocycles. The molecule has 0 aromatic carbocycles. The molecule has 4 heteroatoms. The zero-order chi connectivity index (χ0) is 12.3. The van der Waals surface area contributed by atoms with Gasteiger partial charge in [-0.05, 0) is 34.1 Å². The summed E-state index contributed by atoms with van der Waals surface area (Å²) >= 11 is 3.31. The molecule has 0 aliphatic rings. The van der Waals surface area contributed by atoms with Crippen LogP contribution < -0.4 is 0 Å². The summed E-state index contributed by atoms with van der Waals surface area (Å²) in [5.41, 5.74) is 1.43. The van der Waals surface area contributed by atoms with E-state index in [0.29, 0.717) is 12.0 Å². The quantitative estimate of drug-likeness (QED) is 0.811. The van der Waals surface area contributed by atoms with Crippen molar-refractivity contribution < 1.29 is 9.21 Å². The Balaban J connectivity index is 2.14. The third kappa shape index (κ3) is 2.82. The minimum atomic E-state index is 0.0467. The Morgan fingerprint density at radius 2 is 2.24 bits per heavy atom. The summed E-state index contributed by atoms with van der Waals surface area (Å²) in [4.78, 5) is 16.2. The number of ketones is 1. The normalized spacial score (nSPS) is 10.5. The van der Waals surface area contributed by atoms with Crippen LogP contribution >= 0.6 is 15.9 Å². The highest BCUT2D eigenvalue weighted by atomic mass is 79.9. The number of aryl methyl sites for hydroxylation is 1. The minimum Gasteiger partial charge on any atom is -0.469 e. The average Bonchev–Trinajstić information content (AvgIpc) is 2.80. The fraction of sp³-hybridized carbons (Fsp3) is 0.231. The highest BCUT2D eigenvalue weighted by Gasteiger charge is 2.14. The molecule has 88 valence electrons. The zero-order valence-electron chi connectivity index (χ0n) is 9.44. The molecule has 2 rings (SSSR count). The number of Topliss-reactive ketones (excluding diaryl/α,β-unsaturated/α-hetero) is 1. The molecule has 2 aromatic heterocycles. The Labute approximate surface area is 108 Å². The van der Waals surface area contributed by atoms with Gasteiger partial charge < -0.3 is 4.42 Å². The lowest BCUT2D eigenvalue weighted by atomic mass is 10.1. The fourth-order valence-corrected chi connectivity index (χ4v) is 1.87. The second-order valence-electron chi connectivity index (χ2n) is 3.68. The van der Waals surface area contributed by atoms with Crippen molar-refractivity contribution in [3.63, 3.8) is 0 Å². The Kier molecular flexibility index (Phi) is 3.74. The molecule has 0 aliphatic carbocycles. The van der Waals surface area contributed by atoms with E-state index in [9.17, 15) is 4.79 Å². The molecule has 2 aromatic rings. The Morgan fingerprint density at radius 1 is 1.41 bits per heavy atom. The van der Waals surface area contributed by atoms with Crippen LogP contribution in [0.4, 0.5) is 0 Å². The van der Waals surface area contributed by atoms with Crippen LogP contribution in [0.3, 0.4) is 0 Å². The van der Waals surface area contributed by atoms with Crippen molar-refractivity contribution in [2.75, 3.05) is 0 Å². The number of rotatable bonds is 4. The highest BCUT2D eigenvalue weighted by Crippen LogP contribution is 2.15. The lowest BCUT2D eigenvalue weighted by molar-refractivity contribution is 0.0990. The van der Waals surface area contributed by atoms with E-state index in [1.807, 2.05) is 19.1 Å². The standard InChI is InChI=1S/C13H12BrNO2/c1-2-13-11(5-6-17-13)12(16)7-10-4-3-9(14)8-15-10/h3-6,8H,2,7H2,1H3. The maximum atomic E-state index is 12.0. The first-order valence-corrected chi connectivity index (χ1v) is 6.20. The van der Waals surface area contributed by atoms with E-state index < -0.39 is 0 Å². The SMILES string of the molecule is CCc1occc1C(=O)Cc1ccc(Br)cn1. The first kappa shape index (κ1) is 12.0. The van der Waals surface area contributed by atoms with Gasteiger partial charge in [-0.15, -0.1) is 0 Å². The molecule has 17 heavy (non-hydrogen) atoms. The first-order valence-electron chi connectivity index (χ1n) is 5.40. The molecule has 3 nitrogen and oxygen atoms in total. The number of hydrogen-bond donors (Lipinski definition) is 0. The molecule has 0 N–H and O–H groups in total. The van der Waals surface area contributed by atoms with E-state index in [1.165, 1.54) is 0 Å². The number of halogens is 1. The van der Waals surface area contributed by atoms with Gasteiger partial charge in [0.05, 0.1) is 18.2 Å². The average molecular weight is 294 g/mol. The van der Waals surface area contributed by atoms with Gasteiger partial charge >= 0.3 is 0 Å². The molecule has 0 aliphatic heterocycles. The molecule has 0 amide bonds. The number of carbonyl (C=O) groups is 1. The van der Waals surface area contributed by atoms with Gasteiger partial charge in [0.2, 0.25) is 0 Å². The summed E-state index contributed by atoms with van der Waals surface area (Å²) in [7, 11) is 0. The summed E-state index contributed by atoms with van der Waals surface area (Å²) in [6, 6.07) is 5.44. The molecule has 0 unspecified atom stereocenters. The summed E-state index contributed by atoms with van der Waals surface area (Å²) in [6.45, 7) is 1.97. The van der Waals surface area contributed by atoms with E-state index >= 15 is 0 Å². The van der Waals surface area contributed by atoms with Crippen molar-refractivity contribution in [2.45, 2.75) is 19.8 Å². The number of furan rings is 1. The summed E-state index contributed by atoms with van der Waals surface area (Å²) in [5.74, 6) is 0.789. The maximum absolute atomic E-state index is 12.0. The monoisotopic (exact) mass is 293 g/mol. The van der Waals surface area contributed by atoms with Crippen molar-refractivity contribution in [1.82, 2.24) is 4.98 Å². The number of pyridine rings is 1. The Hall–Kier alpha value is -1.42. The molecular weight excluding hydrogens is 282 g/mol. The molecule has 0 bridgehead atoms. The van der Waals surface area contributed by atoms with Gasteiger partial charge in [-0.2, -0.15) is 0 Å². The highest BCUT2D eigenvalue weighted by molar-refractivity contribution is 9.10. The van der Waals surface area contributed by atoms with Gasteiger partial charge in [-0.25, -0.2) is 0 Å². The third-order valence-electron chi connectivity index (χ3n) is 2.50. The van der Waals surface area contributed by atoms with Crippen LogP contribution in [0.1, 0.15) is 28.7 Å². The predicted molar refractivity (Wildman–Crippen MR) is 68.1 cm³/mol. The van der Waals surface area contributed by atoms with Crippen molar-refractivity contribution in [2.24, 2.45) is 0 Å². The first-order chi connectivity index (χ1) is 8.20. The molecule has 0 saturated heterocycles. The van der Waals surface area contributed by atoms with Gasteiger partial charge in [-0.3, -0.25) is 9.78 Å². The largest absolute Gasteiger partial charge is 0.469 e. The second kappa shape index (κ2) is 5.27. The van der Waals surface area contributed by atoms with Gasteiger partial charge in [0, 0.05) is 22.8 Å². The van der Waals surface area contributed by atoms with Crippen molar-refractivity contribution in [3.8, 4) is 0 Å². The summed E-state index contributed by atoms with van der Waals surface area (Å²) in [6.07, 6.45) is 4.28. The maximum Gasteiger partial charge on any atom is 0.172 e. The van der Waals surface area contributed by atoms with Crippen LogP contribution in [0.15, 0.2) is 39.5 Å². The minimum absolute atomic E-state index is 0.0467. The van der Waals surface area contributed by atoms with E-state index in [-0.39, 0.29) is 5.78 Å². The molecule has 0 atom stereocenters. The van der Waals surface area contributed by atoms with Gasteiger partial charge in [0.1, 0.15) is 5.76 Å². The van der Waals surface area contributed by atoms with E-state index in [4.69, 9.17) is 4.42 Å². The molecule has 0 fully saturated rings. The number of nitrogens with zero attached hydrogens (tertiary/aromatic N) is 1. The predicted octanol–water partition coefficient (Wildman–Crippen LogP) is 3.42. The van der Waals surface area contributed by atoms with Crippen LogP contribution in [0.5, 0.6) is 0 Å². The van der Waals surface area contributed by atoms with E-state index in [0.717, 1.165) is 22.3 Å². The Morgan fingerprint density at radius 3 is 2.88 bits per heavy atom. The third-order valence-corrected chi connectivity index (χ3v) is 2.97. The lowest BCUT2D eigenvalue weighted by Crippen LogP contribution is -2.06. The van der Waals surface area contributed by atoms with Crippen molar-refractivity contribution >= 4 is 21.7 Å². The molecule has 0 spiro atoms. The van der Waals surface area contributed by atoms with E-state index in [2.05, 4.69) is 20.9 Å². The van der Waals surface area contributed by atoms with Crippen LogP contribution in [0.2, 0.25) is 0 Å². The molecular formula is C13H12BrNO2. The van der Waals surface area contributed by atoms with Crippen LogP contribution in [0, 0.1) is 0 Å². The fourth-order valence-electron chi connectivity index (χ4n) is 1.63. The van der Waals surface area contributed by atoms with Gasteiger partial charge in [0.25, 0.3) is 0 Å². The van der Waals surface area contributed by atoms with E-state index in [1.54, 1.807) is 18.5 Å². The second-order valence-corrected chi connectivity index (χ2v) is 4.59. The smallest absolute Gasteiger partial charge is 0.172 e. The van der Waals surface area contributed by atoms with Crippen LogP contribution in [-0.4, -0.2) is 10.8 Å². The van der Waals surface area contributed by atoms with Gasteiger partial charge in [-0.1, -0.05) is 6.92 Å². The number of aromatic nitrogens is 1. The van der Waals surface area contributed by atoms with Crippen molar-refractivity contribution in [3.05, 3.63) is 52.1 Å². The van der Waals surface area contributed by atoms with Crippen LogP contribution in [0.25, 0.3) is 0 Å². The molecule has 2 heterocycles. The Bertz CT molecular complexity index is 516. The van der Waals surface area contributed by atoms with Crippen molar-refractivity contribution in [1.29, 1.82) is 0 Å². The number of hydrogen-bond acceptors (Lipinski definition) is 3. The lowest BCUT2D eigenvalue weighted by Gasteiger charge is -2.00. The topological polar surface area (TPSA) is 43.1 Å². The number of carbonyl (C=O) groups excluding carboxylic acids is 1.